The first kappa shape index (κ1) is 27.6. The van der Waals surface area contributed by atoms with Crippen LogP contribution in [-0.4, -0.2) is 39.3 Å². The maximum atomic E-state index is 10.9. The molecule has 0 saturated carbocycles. The van der Waals surface area contributed by atoms with Crippen molar-refractivity contribution in [3.05, 3.63) is 132 Å². The molecule has 2 aromatic heterocycles. The molecule has 0 unspecified atom stereocenters. The smallest absolute Gasteiger partial charge is 0.212 e. The number of fused-ring (bicyclic) bond motifs is 1. The van der Waals surface area contributed by atoms with Crippen molar-refractivity contribution in [1.82, 2.24) is 14.4 Å². The van der Waals surface area contributed by atoms with Crippen LogP contribution in [0.2, 0.25) is 0 Å². The highest BCUT2D eigenvalue weighted by Crippen LogP contribution is 2.45. The molecule has 5 aromatic rings. The van der Waals surface area contributed by atoms with E-state index in [1.165, 1.54) is 6.33 Å². The van der Waals surface area contributed by atoms with Gasteiger partial charge in [-0.3, -0.25) is 4.40 Å². The molecule has 0 radical (unpaired) electrons. The largest absolute Gasteiger partial charge is 0.374 e. The predicted octanol–water partition coefficient (Wildman–Crippen LogP) is 4.82. The number of nitrogens with two attached hydrogens (primary N) is 1. The van der Waals surface area contributed by atoms with Gasteiger partial charge in [0, 0.05) is 11.8 Å². The maximum Gasteiger partial charge on any atom is 0.212 e. The summed E-state index contributed by atoms with van der Waals surface area (Å²) in [6.07, 6.45) is 1.03. The third-order valence-electron chi connectivity index (χ3n) is 7.40. The Morgan fingerprint density at radius 2 is 1.40 bits per heavy atom. The summed E-state index contributed by atoms with van der Waals surface area (Å²) >= 11 is 0. The van der Waals surface area contributed by atoms with Crippen LogP contribution < -0.4 is 5.73 Å². The average Bonchev–Trinajstić information content (AvgIpc) is 3.61. The van der Waals surface area contributed by atoms with E-state index in [0.717, 1.165) is 16.7 Å². The second-order valence-electron chi connectivity index (χ2n) is 10.1. The second-order valence-corrected chi connectivity index (χ2v) is 10.1. The van der Waals surface area contributed by atoms with E-state index in [0.29, 0.717) is 24.4 Å². The van der Waals surface area contributed by atoms with Crippen molar-refractivity contribution in [2.24, 2.45) is 0 Å². The highest BCUT2D eigenvalue weighted by Gasteiger charge is 2.59. The van der Waals surface area contributed by atoms with Gasteiger partial charge in [0.15, 0.2) is 0 Å². The van der Waals surface area contributed by atoms with Crippen molar-refractivity contribution in [3.63, 3.8) is 0 Å². The van der Waals surface area contributed by atoms with Crippen LogP contribution in [0.4, 0.5) is 5.95 Å². The standard InChI is InChI=1S/C33H31N5O4/c34-22-33(27-16-17-38-31(27)36-23-37-32(38)35)30(41-20-26-14-8-3-9-15-26)29(40-19-25-12-6-2-7-13-25)28(42-33)21-39-18-24-10-4-1-5-11-24/h1-17,23,28-30H,18-21H2,(H2,35,36,37)/t28-,29-,30-,33+/m1/s1. The van der Waals surface area contributed by atoms with Crippen molar-refractivity contribution >= 4 is 11.6 Å². The molecule has 9 nitrogen and oxygen atoms in total. The number of benzene rings is 3. The van der Waals surface area contributed by atoms with Gasteiger partial charge >= 0.3 is 0 Å². The Bertz CT molecular complexity index is 1640. The lowest BCUT2D eigenvalue weighted by molar-refractivity contribution is -0.0948. The second kappa shape index (κ2) is 12.5. The van der Waals surface area contributed by atoms with Gasteiger partial charge in [0.05, 0.1) is 26.4 Å². The summed E-state index contributed by atoms with van der Waals surface area (Å²) in [5, 5.41) is 10.9. The molecule has 3 heterocycles. The Morgan fingerprint density at radius 3 is 2.02 bits per heavy atom. The Kier molecular flexibility index (Phi) is 8.21. The topological polar surface area (TPSA) is 117 Å². The molecule has 9 heteroatoms. The van der Waals surface area contributed by atoms with Crippen molar-refractivity contribution in [3.8, 4) is 6.07 Å². The molecular weight excluding hydrogens is 530 g/mol. The monoisotopic (exact) mass is 561 g/mol. The molecule has 1 saturated heterocycles. The quantitative estimate of drug-likeness (QED) is 0.244. The summed E-state index contributed by atoms with van der Waals surface area (Å²) in [6, 6.07) is 33.8. The molecule has 1 aliphatic rings. The Labute approximate surface area is 244 Å². The fourth-order valence-electron chi connectivity index (χ4n) is 5.33. The van der Waals surface area contributed by atoms with Crippen LogP contribution in [0, 0.1) is 11.3 Å². The van der Waals surface area contributed by atoms with Gasteiger partial charge in [0.1, 0.15) is 36.4 Å². The number of nitriles is 1. The summed E-state index contributed by atoms with van der Waals surface area (Å²) < 4.78 is 27.6. The van der Waals surface area contributed by atoms with Gasteiger partial charge < -0.3 is 24.7 Å². The average molecular weight is 562 g/mol. The first-order valence-corrected chi connectivity index (χ1v) is 13.8. The molecule has 0 aliphatic carbocycles. The lowest BCUT2D eigenvalue weighted by Gasteiger charge is -2.29. The van der Waals surface area contributed by atoms with E-state index >= 15 is 0 Å². The van der Waals surface area contributed by atoms with E-state index in [-0.39, 0.29) is 19.2 Å². The first-order chi connectivity index (χ1) is 20.7. The zero-order valence-corrected chi connectivity index (χ0v) is 23.0. The number of nitrogen functional groups attached to an aromatic ring is 1. The predicted molar refractivity (Wildman–Crippen MR) is 156 cm³/mol. The van der Waals surface area contributed by atoms with Crippen LogP contribution in [-0.2, 0) is 44.4 Å². The van der Waals surface area contributed by atoms with Crippen molar-refractivity contribution < 1.29 is 18.9 Å². The molecule has 1 aliphatic heterocycles. The third kappa shape index (κ3) is 5.62. The molecule has 0 amide bonds. The SMILES string of the molecule is N#C[C@@]1(c2ccn3c(N)ncnc23)O[C@H](COCc2ccccc2)[C@@H](OCc2ccccc2)[C@H]1OCc1ccccc1. The molecule has 42 heavy (non-hydrogen) atoms. The molecule has 0 spiro atoms. The van der Waals surface area contributed by atoms with Gasteiger partial charge in [-0.1, -0.05) is 91.0 Å². The Morgan fingerprint density at radius 1 is 0.810 bits per heavy atom. The van der Waals surface area contributed by atoms with Crippen molar-refractivity contribution in [1.29, 1.82) is 5.26 Å². The van der Waals surface area contributed by atoms with Gasteiger partial charge in [-0.05, 0) is 22.8 Å². The van der Waals surface area contributed by atoms with Crippen LogP contribution in [0.15, 0.2) is 110 Å². The van der Waals surface area contributed by atoms with Crippen molar-refractivity contribution in [2.45, 2.75) is 43.7 Å². The highest BCUT2D eigenvalue weighted by molar-refractivity contribution is 5.58. The van der Waals surface area contributed by atoms with Gasteiger partial charge in [-0.25, -0.2) is 9.97 Å². The fourth-order valence-corrected chi connectivity index (χ4v) is 5.33. The first-order valence-electron chi connectivity index (χ1n) is 13.8. The summed E-state index contributed by atoms with van der Waals surface area (Å²) in [6.45, 7) is 1.14. The summed E-state index contributed by atoms with van der Waals surface area (Å²) in [7, 11) is 0. The van der Waals surface area contributed by atoms with E-state index in [4.69, 9.17) is 24.7 Å². The lowest BCUT2D eigenvalue weighted by Crippen LogP contribution is -2.43. The normalized spacial score (nSPS) is 21.8. The van der Waals surface area contributed by atoms with E-state index < -0.39 is 23.9 Å². The minimum Gasteiger partial charge on any atom is -0.374 e. The Hall–Kier alpha value is -4.59. The van der Waals surface area contributed by atoms with Gasteiger partial charge in [-0.15, -0.1) is 0 Å². The van der Waals surface area contributed by atoms with Crippen LogP contribution >= 0.6 is 0 Å². The maximum absolute atomic E-state index is 10.9. The van der Waals surface area contributed by atoms with Crippen LogP contribution in [0.3, 0.4) is 0 Å². The van der Waals surface area contributed by atoms with Crippen molar-refractivity contribution in [2.75, 3.05) is 12.3 Å². The number of hydrogen-bond acceptors (Lipinski definition) is 8. The number of nitrogens with zero attached hydrogens (tertiary/aromatic N) is 4. The molecule has 6 rings (SSSR count). The number of rotatable bonds is 11. The minimum atomic E-state index is -1.56. The Balaban J connectivity index is 1.37. The zero-order chi connectivity index (χ0) is 28.8. The minimum absolute atomic E-state index is 0.186. The molecule has 1 fully saturated rings. The molecule has 4 atom stereocenters. The molecule has 212 valence electrons. The van der Waals surface area contributed by atoms with Gasteiger partial charge in [0.2, 0.25) is 11.5 Å². The number of aromatic nitrogens is 3. The van der Waals surface area contributed by atoms with E-state index in [9.17, 15) is 5.26 Å². The molecule has 3 aromatic carbocycles. The number of ether oxygens (including phenoxy) is 4. The fraction of sp³-hybridized carbons (Fsp3) is 0.242. The number of anilines is 1. The van der Waals surface area contributed by atoms with Crippen LogP contribution in [0.5, 0.6) is 0 Å². The molecule has 2 N–H and O–H groups in total. The molecule has 0 bridgehead atoms. The molecular formula is C33H31N5O4. The summed E-state index contributed by atoms with van der Waals surface area (Å²) in [5.41, 5.74) is 8.53. The van der Waals surface area contributed by atoms with E-state index in [1.54, 1.807) is 16.7 Å². The summed E-state index contributed by atoms with van der Waals surface area (Å²) in [4.78, 5) is 8.53. The number of hydrogen-bond donors (Lipinski definition) is 1. The van der Waals surface area contributed by atoms with E-state index in [2.05, 4.69) is 16.0 Å². The lowest BCUT2D eigenvalue weighted by atomic mass is 9.89. The van der Waals surface area contributed by atoms with Gasteiger partial charge in [0.25, 0.3) is 0 Å². The van der Waals surface area contributed by atoms with Crippen LogP contribution in [0.1, 0.15) is 22.3 Å². The van der Waals surface area contributed by atoms with Gasteiger partial charge in [-0.2, -0.15) is 5.26 Å². The highest BCUT2D eigenvalue weighted by atomic mass is 16.6. The third-order valence-corrected chi connectivity index (χ3v) is 7.40. The zero-order valence-electron chi connectivity index (χ0n) is 23.0. The van der Waals surface area contributed by atoms with Crippen LogP contribution in [0.25, 0.3) is 5.65 Å². The summed E-state index contributed by atoms with van der Waals surface area (Å²) in [5.74, 6) is 0.249. The van der Waals surface area contributed by atoms with E-state index in [1.807, 2.05) is 91.0 Å².